The molecular formula is C12H20F3NO. The van der Waals surface area contributed by atoms with Gasteiger partial charge in [-0.3, -0.25) is 4.90 Å². The molecule has 2 rings (SSSR count). The average Bonchev–Trinajstić information content (AvgIpc) is 2.54. The van der Waals surface area contributed by atoms with Crippen molar-refractivity contribution in [3.05, 3.63) is 0 Å². The molecule has 1 aliphatic carbocycles. The molecule has 0 unspecified atom stereocenters. The average molecular weight is 251 g/mol. The Bertz CT molecular complexity index is 285. The summed E-state index contributed by atoms with van der Waals surface area (Å²) in [5, 5.41) is 0. The van der Waals surface area contributed by atoms with Crippen LogP contribution >= 0.6 is 0 Å². The lowest BCUT2D eigenvalue weighted by Gasteiger charge is -2.24. The Morgan fingerprint density at radius 2 is 2.06 bits per heavy atom. The predicted octanol–water partition coefficient (Wildman–Crippen LogP) is 2.48. The second kappa shape index (κ2) is 4.43. The van der Waals surface area contributed by atoms with Crippen LogP contribution in [0.1, 0.15) is 26.7 Å². The van der Waals surface area contributed by atoms with Crippen molar-refractivity contribution in [1.82, 2.24) is 4.90 Å². The van der Waals surface area contributed by atoms with Gasteiger partial charge in [-0.1, -0.05) is 0 Å². The highest BCUT2D eigenvalue weighted by atomic mass is 19.3. The molecule has 1 aliphatic heterocycles. The fourth-order valence-corrected chi connectivity index (χ4v) is 2.44. The monoisotopic (exact) mass is 251 g/mol. The van der Waals surface area contributed by atoms with Crippen LogP contribution in [0.25, 0.3) is 0 Å². The van der Waals surface area contributed by atoms with Crippen molar-refractivity contribution < 1.29 is 17.9 Å². The first kappa shape index (κ1) is 13.1. The summed E-state index contributed by atoms with van der Waals surface area (Å²) in [6.07, 6.45) is -0.562. The smallest absolute Gasteiger partial charge is 0.258 e. The van der Waals surface area contributed by atoms with E-state index >= 15 is 0 Å². The zero-order chi connectivity index (χ0) is 12.7. The third kappa shape index (κ3) is 2.76. The van der Waals surface area contributed by atoms with Crippen molar-refractivity contribution in [1.29, 1.82) is 0 Å². The molecule has 2 atom stereocenters. The Balaban J connectivity index is 1.90. The third-order valence-corrected chi connectivity index (χ3v) is 3.65. The molecule has 1 saturated heterocycles. The van der Waals surface area contributed by atoms with Crippen LogP contribution in [0.3, 0.4) is 0 Å². The number of ether oxygens (including phenoxy) is 1. The third-order valence-electron chi connectivity index (χ3n) is 3.65. The van der Waals surface area contributed by atoms with Gasteiger partial charge in [-0.05, 0) is 20.3 Å². The van der Waals surface area contributed by atoms with Gasteiger partial charge in [0.25, 0.3) is 5.92 Å². The quantitative estimate of drug-likeness (QED) is 0.744. The number of hydrogen-bond acceptors (Lipinski definition) is 2. The number of alkyl halides is 3. The van der Waals surface area contributed by atoms with Gasteiger partial charge in [0.05, 0.1) is 18.1 Å². The van der Waals surface area contributed by atoms with E-state index in [4.69, 9.17) is 4.74 Å². The molecule has 0 spiro atoms. The van der Waals surface area contributed by atoms with Crippen LogP contribution < -0.4 is 0 Å². The number of nitrogens with zero attached hydrogens (tertiary/aromatic N) is 1. The topological polar surface area (TPSA) is 12.5 Å². The van der Waals surface area contributed by atoms with Gasteiger partial charge in [0, 0.05) is 26.1 Å². The Morgan fingerprint density at radius 3 is 2.47 bits per heavy atom. The number of likely N-dealkylation sites (tertiary alicyclic amines) is 1. The zero-order valence-corrected chi connectivity index (χ0v) is 10.4. The maximum Gasteiger partial charge on any atom is 0.258 e. The van der Waals surface area contributed by atoms with E-state index in [2.05, 4.69) is 0 Å². The van der Waals surface area contributed by atoms with Gasteiger partial charge < -0.3 is 4.74 Å². The van der Waals surface area contributed by atoms with Crippen LogP contribution in [0, 0.1) is 5.41 Å². The van der Waals surface area contributed by atoms with E-state index in [-0.39, 0.29) is 25.7 Å². The van der Waals surface area contributed by atoms with Crippen molar-refractivity contribution in [2.24, 2.45) is 5.41 Å². The number of hydrogen-bond donors (Lipinski definition) is 0. The summed E-state index contributed by atoms with van der Waals surface area (Å²) in [5.74, 6) is -2.64. The highest BCUT2D eigenvalue weighted by molar-refractivity contribution is 5.12. The van der Waals surface area contributed by atoms with Gasteiger partial charge in [-0.15, -0.1) is 0 Å². The molecule has 0 aromatic heterocycles. The van der Waals surface area contributed by atoms with Gasteiger partial charge in [0.1, 0.15) is 6.17 Å². The highest BCUT2D eigenvalue weighted by Crippen LogP contribution is 2.61. The minimum Gasteiger partial charge on any atom is -0.378 e. The largest absolute Gasteiger partial charge is 0.378 e. The number of halogens is 3. The SMILES string of the molecule is CC(C)OC[C@]1(CN2CC[C@H](F)C2)CC1(F)F. The summed E-state index contributed by atoms with van der Waals surface area (Å²) in [4.78, 5) is 1.80. The molecule has 1 saturated carbocycles. The van der Waals surface area contributed by atoms with Crippen molar-refractivity contribution >= 4 is 0 Å². The normalized spacial score (nSPS) is 36.7. The summed E-state index contributed by atoms with van der Waals surface area (Å²) in [6, 6.07) is 0. The van der Waals surface area contributed by atoms with E-state index in [1.54, 1.807) is 4.90 Å². The van der Waals surface area contributed by atoms with Crippen LogP contribution in [0.15, 0.2) is 0 Å². The maximum atomic E-state index is 13.5. The Hall–Kier alpha value is -0.290. The Labute approximate surface area is 100 Å². The molecule has 0 aromatic carbocycles. The molecule has 17 heavy (non-hydrogen) atoms. The van der Waals surface area contributed by atoms with E-state index in [9.17, 15) is 13.2 Å². The second-order valence-electron chi connectivity index (χ2n) is 5.64. The summed E-state index contributed by atoms with van der Waals surface area (Å²) >= 11 is 0. The molecule has 0 bridgehead atoms. The molecular weight excluding hydrogens is 231 g/mol. The second-order valence-corrected chi connectivity index (χ2v) is 5.64. The molecule has 5 heteroatoms. The summed E-state index contributed by atoms with van der Waals surface area (Å²) < 4.78 is 45.3. The maximum absolute atomic E-state index is 13.5. The molecule has 2 fully saturated rings. The van der Waals surface area contributed by atoms with Crippen molar-refractivity contribution in [2.75, 3.05) is 26.2 Å². The van der Waals surface area contributed by atoms with Crippen LogP contribution in [-0.4, -0.2) is 49.3 Å². The highest BCUT2D eigenvalue weighted by Gasteiger charge is 2.71. The van der Waals surface area contributed by atoms with Crippen molar-refractivity contribution in [2.45, 2.75) is 44.9 Å². The van der Waals surface area contributed by atoms with Crippen LogP contribution in [-0.2, 0) is 4.74 Å². The molecule has 0 radical (unpaired) electrons. The predicted molar refractivity (Wildman–Crippen MR) is 59.0 cm³/mol. The first-order valence-electron chi connectivity index (χ1n) is 6.20. The summed E-state index contributed by atoms with van der Waals surface area (Å²) in [5.41, 5.74) is -1.07. The number of rotatable bonds is 5. The lowest BCUT2D eigenvalue weighted by Crippen LogP contribution is -2.35. The van der Waals surface area contributed by atoms with Crippen LogP contribution in [0.4, 0.5) is 13.2 Å². The van der Waals surface area contributed by atoms with Gasteiger partial charge in [0.2, 0.25) is 0 Å². The first-order valence-corrected chi connectivity index (χ1v) is 6.20. The summed E-state index contributed by atoms with van der Waals surface area (Å²) in [7, 11) is 0. The fraction of sp³-hybridized carbons (Fsp3) is 1.00. The van der Waals surface area contributed by atoms with Gasteiger partial charge in [0.15, 0.2) is 0 Å². The van der Waals surface area contributed by atoms with Crippen LogP contribution in [0.2, 0.25) is 0 Å². The minimum absolute atomic E-state index is 0.0456. The van der Waals surface area contributed by atoms with E-state index in [0.29, 0.717) is 19.5 Å². The Kier molecular flexibility index (Phi) is 3.42. The van der Waals surface area contributed by atoms with Crippen LogP contribution in [0.5, 0.6) is 0 Å². The minimum atomic E-state index is -2.64. The molecule has 2 nitrogen and oxygen atoms in total. The molecule has 0 amide bonds. The molecule has 0 N–H and O–H groups in total. The standard InChI is InChI=1S/C12H20F3NO/c1-9(2)17-8-11(6-12(11,14)15)7-16-4-3-10(13)5-16/h9-10H,3-8H2,1-2H3/t10-,11+/m0/s1. The van der Waals surface area contributed by atoms with E-state index in [1.807, 2.05) is 13.8 Å². The summed E-state index contributed by atoms with van der Waals surface area (Å²) in [6.45, 7) is 4.88. The van der Waals surface area contributed by atoms with Crippen molar-refractivity contribution in [3.63, 3.8) is 0 Å². The zero-order valence-electron chi connectivity index (χ0n) is 10.4. The van der Waals surface area contributed by atoms with Crippen molar-refractivity contribution in [3.8, 4) is 0 Å². The van der Waals surface area contributed by atoms with Gasteiger partial charge >= 0.3 is 0 Å². The molecule has 0 aromatic rings. The van der Waals surface area contributed by atoms with E-state index < -0.39 is 17.5 Å². The lowest BCUT2D eigenvalue weighted by atomic mass is 10.1. The van der Waals surface area contributed by atoms with E-state index in [1.165, 1.54) is 0 Å². The first-order chi connectivity index (χ1) is 7.85. The molecule has 1 heterocycles. The lowest BCUT2D eigenvalue weighted by molar-refractivity contribution is -0.0233. The molecule has 100 valence electrons. The van der Waals surface area contributed by atoms with Gasteiger partial charge in [-0.25, -0.2) is 13.2 Å². The van der Waals surface area contributed by atoms with Gasteiger partial charge in [-0.2, -0.15) is 0 Å². The fourth-order valence-electron chi connectivity index (χ4n) is 2.44. The molecule has 2 aliphatic rings. The Morgan fingerprint density at radius 1 is 1.41 bits per heavy atom. The van der Waals surface area contributed by atoms with E-state index in [0.717, 1.165) is 0 Å².